The minimum atomic E-state index is 0.171. The average Bonchev–Trinajstić information content (AvgIpc) is 2.56. The van der Waals surface area contributed by atoms with Crippen molar-refractivity contribution in [2.24, 2.45) is 0 Å². The van der Waals surface area contributed by atoms with E-state index >= 15 is 0 Å². The maximum absolute atomic E-state index is 11.1. The molecule has 64 valence electrons. The molecule has 12 heavy (non-hydrogen) atoms. The smallest absolute Gasteiger partial charge is 0.136 e. The fourth-order valence-electron chi connectivity index (χ4n) is 1.50. The van der Waals surface area contributed by atoms with Crippen LogP contribution in [0.25, 0.3) is 0 Å². The third-order valence-corrected chi connectivity index (χ3v) is 2.17. The van der Waals surface area contributed by atoms with E-state index in [9.17, 15) is 4.79 Å². The van der Waals surface area contributed by atoms with Gasteiger partial charge >= 0.3 is 0 Å². The van der Waals surface area contributed by atoms with E-state index in [1.54, 1.807) is 12.5 Å². The lowest BCUT2D eigenvalue weighted by Gasteiger charge is -2.21. The molecule has 1 fully saturated rings. The zero-order valence-electron chi connectivity index (χ0n) is 6.75. The van der Waals surface area contributed by atoms with Gasteiger partial charge in [-0.3, -0.25) is 4.79 Å². The van der Waals surface area contributed by atoms with E-state index in [-0.39, 0.29) is 6.04 Å². The van der Waals surface area contributed by atoms with Gasteiger partial charge in [0.1, 0.15) is 5.78 Å². The van der Waals surface area contributed by atoms with Crippen LogP contribution < -0.4 is 5.32 Å². The summed E-state index contributed by atoms with van der Waals surface area (Å²) in [5.41, 5.74) is 1.07. The number of furan rings is 1. The second-order valence-electron chi connectivity index (χ2n) is 3.06. The minimum absolute atomic E-state index is 0.171. The van der Waals surface area contributed by atoms with Gasteiger partial charge in [0, 0.05) is 31.0 Å². The summed E-state index contributed by atoms with van der Waals surface area (Å²) in [4.78, 5) is 11.1. The number of piperidine rings is 1. The summed E-state index contributed by atoms with van der Waals surface area (Å²) < 4.78 is 4.95. The summed E-state index contributed by atoms with van der Waals surface area (Å²) >= 11 is 0. The van der Waals surface area contributed by atoms with Crippen LogP contribution in [-0.2, 0) is 4.79 Å². The highest BCUT2D eigenvalue weighted by atomic mass is 16.3. The lowest BCUT2D eigenvalue weighted by molar-refractivity contribution is -0.120. The number of carbonyl (C=O) groups is 1. The van der Waals surface area contributed by atoms with E-state index in [0.29, 0.717) is 18.6 Å². The van der Waals surface area contributed by atoms with Crippen molar-refractivity contribution in [1.82, 2.24) is 5.32 Å². The second kappa shape index (κ2) is 3.11. The molecule has 1 aromatic rings. The van der Waals surface area contributed by atoms with Crippen LogP contribution in [-0.4, -0.2) is 12.3 Å². The highest BCUT2D eigenvalue weighted by molar-refractivity contribution is 5.80. The Morgan fingerprint density at radius 1 is 1.58 bits per heavy atom. The van der Waals surface area contributed by atoms with E-state index in [1.165, 1.54) is 0 Å². The van der Waals surface area contributed by atoms with Gasteiger partial charge in [-0.15, -0.1) is 0 Å². The fourth-order valence-corrected chi connectivity index (χ4v) is 1.50. The Balaban J connectivity index is 2.09. The van der Waals surface area contributed by atoms with Gasteiger partial charge in [-0.05, 0) is 6.07 Å². The molecular formula is C9H11NO2. The zero-order chi connectivity index (χ0) is 8.39. The lowest BCUT2D eigenvalue weighted by atomic mass is 9.99. The van der Waals surface area contributed by atoms with Crippen molar-refractivity contribution >= 4 is 5.78 Å². The van der Waals surface area contributed by atoms with Gasteiger partial charge in [0.25, 0.3) is 0 Å². The number of hydrogen-bond donors (Lipinski definition) is 1. The van der Waals surface area contributed by atoms with Crippen molar-refractivity contribution < 1.29 is 9.21 Å². The molecule has 1 unspecified atom stereocenters. The quantitative estimate of drug-likeness (QED) is 0.681. The molecule has 0 saturated carbocycles. The molecule has 1 aliphatic rings. The van der Waals surface area contributed by atoms with Gasteiger partial charge in [0.15, 0.2) is 0 Å². The number of nitrogens with one attached hydrogen (secondary N) is 1. The molecule has 0 aromatic carbocycles. The summed E-state index contributed by atoms with van der Waals surface area (Å²) in [5, 5.41) is 3.27. The van der Waals surface area contributed by atoms with Crippen LogP contribution in [0.4, 0.5) is 0 Å². The molecule has 0 radical (unpaired) electrons. The Kier molecular flexibility index (Phi) is 1.96. The Labute approximate surface area is 70.8 Å². The van der Waals surface area contributed by atoms with E-state index < -0.39 is 0 Å². The predicted octanol–water partition coefficient (Wildman–Crippen LogP) is 1.27. The molecule has 1 atom stereocenters. The maximum Gasteiger partial charge on any atom is 0.136 e. The van der Waals surface area contributed by atoms with Crippen LogP contribution in [0.2, 0.25) is 0 Å². The Morgan fingerprint density at radius 3 is 3.17 bits per heavy atom. The first-order valence-electron chi connectivity index (χ1n) is 4.13. The highest BCUT2D eigenvalue weighted by Gasteiger charge is 2.20. The molecule has 3 heteroatoms. The van der Waals surface area contributed by atoms with Crippen LogP contribution in [0.15, 0.2) is 23.0 Å². The van der Waals surface area contributed by atoms with Crippen molar-refractivity contribution in [3.63, 3.8) is 0 Å². The molecule has 2 rings (SSSR count). The molecule has 2 heterocycles. The van der Waals surface area contributed by atoms with Crippen LogP contribution in [0, 0.1) is 0 Å². The van der Waals surface area contributed by atoms with Gasteiger partial charge in [0.05, 0.1) is 12.5 Å². The minimum Gasteiger partial charge on any atom is -0.472 e. The van der Waals surface area contributed by atoms with Crippen molar-refractivity contribution in [2.75, 3.05) is 6.54 Å². The van der Waals surface area contributed by atoms with Gasteiger partial charge in [-0.1, -0.05) is 0 Å². The molecule has 3 nitrogen and oxygen atoms in total. The zero-order valence-corrected chi connectivity index (χ0v) is 6.75. The monoisotopic (exact) mass is 165 g/mol. The number of hydrogen-bond acceptors (Lipinski definition) is 3. The SMILES string of the molecule is O=C1CCNC(c2ccoc2)C1. The summed E-state index contributed by atoms with van der Waals surface area (Å²) in [7, 11) is 0. The number of carbonyl (C=O) groups excluding carboxylic acids is 1. The summed E-state index contributed by atoms with van der Waals surface area (Å²) in [5.74, 6) is 0.333. The van der Waals surface area contributed by atoms with Crippen LogP contribution in [0.3, 0.4) is 0 Å². The van der Waals surface area contributed by atoms with Crippen molar-refractivity contribution in [3.05, 3.63) is 24.2 Å². The van der Waals surface area contributed by atoms with E-state index in [1.807, 2.05) is 6.07 Å². The molecule has 1 aliphatic heterocycles. The first kappa shape index (κ1) is 7.55. The van der Waals surface area contributed by atoms with E-state index in [2.05, 4.69) is 5.32 Å². The third-order valence-electron chi connectivity index (χ3n) is 2.17. The fraction of sp³-hybridized carbons (Fsp3) is 0.444. The number of rotatable bonds is 1. The van der Waals surface area contributed by atoms with Crippen molar-refractivity contribution in [2.45, 2.75) is 18.9 Å². The van der Waals surface area contributed by atoms with Gasteiger partial charge in [-0.2, -0.15) is 0 Å². The first-order chi connectivity index (χ1) is 5.86. The molecule has 0 aliphatic carbocycles. The molecule has 0 spiro atoms. The number of ketones is 1. The molecule has 1 saturated heterocycles. The second-order valence-corrected chi connectivity index (χ2v) is 3.06. The summed E-state index contributed by atoms with van der Waals surface area (Å²) in [6.45, 7) is 0.786. The molecular weight excluding hydrogens is 154 g/mol. The van der Waals surface area contributed by atoms with Gasteiger partial charge in [0.2, 0.25) is 0 Å². The van der Waals surface area contributed by atoms with Crippen molar-refractivity contribution in [1.29, 1.82) is 0 Å². The van der Waals surface area contributed by atoms with Crippen LogP contribution in [0.1, 0.15) is 24.4 Å². The molecule has 0 bridgehead atoms. The number of Topliss-reactive ketones (excluding diaryl/α,β-unsaturated/α-hetero) is 1. The van der Waals surface area contributed by atoms with Crippen LogP contribution >= 0.6 is 0 Å². The van der Waals surface area contributed by atoms with Gasteiger partial charge in [-0.25, -0.2) is 0 Å². The molecule has 1 N–H and O–H groups in total. The third kappa shape index (κ3) is 1.41. The standard InChI is InChI=1S/C9H11NO2/c11-8-1-3-10-9(5-8)7-2-4-12-6-7/h2,4,6,9-10H,1,3,5H2. The summed E-state index contributed by atoms with van der Waals surface area (Å²) in [6.07, 6.45) is 4.58. The Hall–Kier alpha value is -1.09. The Bertz CT molecular complexity index is 266. The van der Waals surface area contributed by atoms with Gasteiger partial charge < -0.3 is 9.73 Å². The lowest BCUT2D eigenvalue weighted by Crippen LogP contribution is -2.31. The Morgan fingerprint density at radius 2 is 2.50 bits per heavy atom. The largest absolute Gasteiger partial charge is 0.472 e. The van der Waals surface area contributed by atoms with E-state index in [4.69, 9.17) is 4.42 Å². The molecule has 0 amide bonds. The maximum atomic E-state index is 11.1. The average molecular weight is 165 g/mol. The van der Waals surface area contributed by atoms with E-state index in [0.717, 1.165) is 12.1 Å². The highest BCUT2D eigenvalue weighted by Crippen LogP contribution is 2.20. The predicted molar refractivity (Wildman–Crippen MR) is 43.7 cm³/mol. The van der Waals surface area contributed by atoms with Crippen molar-refractivity contribution in [3.8, 4) is 0 Å². The summed E-state index contributed by atoms with van der Waals surface area (Å²) in [6, 6.07) is 2.07. The topological polar surface area (TPSA) is 42.2 Å². The first-order valence-corrected chi connectivity index (χ1v) is 4.13. The van der Waals surface area contributed by atoms with Crippen LogP contribution in [0.5, 0.6) is 0 Å². The molecule has 1 aromatic heterocycles. The normalized spacial score (nSPS) is 24.3.